The molecular formula is C24H19F3N2O2S. The predicted molar refractivity (Wildman–Crippen MR) is 117 cm³/mol. The minimum Gasteiger partial charge on any atom is -0.232 e. The van der Waals surface area contributed by atoms with Crippen LogP contribution in [-0.2, 0) is 16.0 Å². The van der Waals surface area contributed by atoms with Crippen molar-refractivity contribution in [2.45, 2.75) is 18.0 Å². The molecule has 32 heavy (non-hydrogen) atoms. The van der Waals surface area contributed by atoms with Gasteiger partial charge in [0.25, 0.3) is 0 Å². The van der Waals surface area contributed by atoms with Crippen LogP contribution in [0.15, 0.2) is 83.8 Å². The largest absolute Gasteiger partial charge is 0.435 e. The van der Waals surface area contributed by atoms with E-state index in [-0.39, 0.29) is 16.2 Å². The molecule has 0 bridgehead atoms. The van der Waals surface area contributed by atoms with Gasteiger partial charge in [0.05, 0.1) is 16.3 Å². The van der Waals surface area contributed by atoms with Crippen molar-refractivity contribution in [3.63, 3.8) is 0 Å². The summed E-state index contributed by atoms with van der Waals surface area (Å²) in [6.07, 6.45) is -3.62. The van der Waals surface area contributed by atoms with Crippen LogP contribution in [0.4, 0.5) is 13.2 Å². The number of benzene rings is 3. The van der Waals surface area contributed by atoms with Crippen molar-refractivity contribution < 1.29 is 21.6 Å². The summed E-state index contributed by atoms with van der Waals surface area (Å²) in [6, 6.07) is 21.1. The Morgan fingerprint density at radius 2 is 1.44 bits per heavy atom. The maximum Gasteiger partial charge on any atom is 0.435 e. The molecule has 0 spiro atoms. The summed E-state index contributed by atoms with van der Waals surface area (Å²) in [4.78, 5) is 0.0838. The highest BCUT2D eigenvalue weighted by atomic mass is 32.2. The Bertz CT molecular complexity index is 1380. The Labute approximate surface area is 183 Å². The number of alkyl halides is 3. The van der Waals surface area contributed by atoms with Crippen LogP contribution in [0.3, 0.4) is 0 Å². The van der Waals surface area contributed by atoms with Gasteiger partial charge in [-0.1, -0.05) is 54.6 Å². The zero-order valence-electron chi connectivity index (χ0n) is 17.3. The monoisotopic (exact) mass is 456 g/mol. The maximum atomic E-state index is 14.2. The van der Waals surface area contributed by atoms with Crippen LogP contribution in [0.5, 0.6) is 0 Å². The van der Waals surface area contributed by atoms with Crippen molar-refractivity contribution in [1.29, 1.82) is 0 Å². The van der Waals surface area contributed by atoms with Gasteiger partial charge in [-0.25, -0.2) is 13.1 Å². The van der Waals surface area contributed by atoms with E-state index in [2.05, 4.69) is 5.10 Å². The molecule has 0 fully saturated rings. The Balaban J connectivity index is 2.10. The second-order valence-corrected chi connectivity index (χ2v) is 9.44. The van der Waals surface area contributed by atoms with E-state index >= 15 is 0 Å². The van der Waals surface area contributed by atoms with E-state index in [1.165, 1.54) is 28.9 Å². The van der Waals surface area contributed by atoms with Gasteiger partial charge in [0.2, 0.25) is 0 Å². The zero-order chi connectivity index (χ0) is 23.1. The second-order valence-electron chi connectivity index (χ2n) is 7.43. The summed E-state index contributed by atoms with van der Waals surface area (Å²) in [5.74, 6) is 0. The molecule has 4 nitrogen and oxygen atoms in total. The maximum absolute atomic E-state index is 14.2. The fourth-order valence-electron chi connectivity index (χ4n) is 3.61. The molecular weight excluding hydrogens is 437 g/mol. The first-order valence-corrected chi connectivity index (χ1v) is 11.6. The molecule has 0 aliphatic heterocycles. The topological polar surface area (TPSA) is 52.0 Å². The summed E-state index contributed by atoms with van der Waals surface area (Å²) in [5.41, 5.74) is 1.13. The third-order valence-electron chi connectivity index (χ3n) is 5.12. The summed E-state index contributed by atoms with van der Waals surface area (Å²) in [7, 11) is -3.45. The first-order valence-electron chi connectivity index (χ1n) is 9.69. The minimum atomic E-state index is -4.70. The van der Waals surface area contributed by atoms with Crippen LogP contribution < -0.4 is 0 Å². The lowest BCUT2D eigenvalue weighted by atomic mass is 9.95. The Kier molecular flexibility index (Phi) is 5.42. The van der Waals surface area contributed by atoms with Gasteiger partial charge in [-0.05, 0) is 42.3 Å². The number of hydrogen-bond donors (Lipinski definition) is 0. The number of para-hydroxylation sites is 1. The van der Waals surface area contributed by atoms with Gasteiger partial charge >= 0.3 is 6.18 Å². The highest BCUT2D eigenvalue weighted by molar-refractivity contribution is 7.90. The molecule has 0 aliphatic carbocycles. The lowest BCUT2D eigenvalue weighted by molar-refractivity contribution is -0.140. The fraction of sp³-hybridized carbons (Fsp3) is 0.125. The Hall–Kier alpha value is -3.39. The van der Waals surface area contributed by atoms with E-state index in [1.54, 1.807) is 61.5 Å². The van der Waals surface area contributed by atoms with Crippen LogP contribution in [0, 0.1) is 6.92 Å². The fourth-order valence-corrected chi connectivity index (χ4v) is 4.24. The summed E-state index contributed by atoms with van der Waals surface area (Å²) >= 11 is 0. The number of nitrogens with zero attached hydrogens (tertiary/aromatic N) is 2. The third-order valence-corrected chi connectivity index (χ3v) is 6.25. The SMILES string of the molecule is Cc1ccccc1-c1c(C(F)(F)F)nn(-c2ccccc2)c1-c1ccc(S(C)(=O)=O)cc1. The molecule has 0 N–H and O–H groups in total. The number of halogens is 3. The molecule has 0 unspecified atom stereocenters. The average molecular weight is 456 g/mol. The van der Waals surface area contributed by atoms with E-state index in [4.69, 9.17) is 0 Å². The molecule has 0 saturated carbocycles. The van der Waals surface area contributed by atoms with Crippen molar-refractivity contribution in [3.05, 3.63) is 90.1 Å². The summed E-state index contributed by atoms with van der Waals surface area (Å²) < 4.78 is 67.5. The lowest BCUT2D eigenvalue weighted by Crippen LogP contribution is -2.08. The van der Waals surface area contributed by atoms with E-state index in [1.807, 2.05) is 0 Å². The number of rotatable bonds is 4. The van der Waals surface area contributed by atoms with E-state index in [9.17, 15) is 21.6 Å². The first-order chi connectivity index (χ1) is 15.1. The van der Waals surface area contributed by atoms with Crippen LogP contribution in [0.2, 0.25) is 0 Å². The number of sulfone groups is 1. The minimum absolute atomic E-state index is 0.0495. The van der Waals surface area contributed by atoms with Crippen molar-refractivity contribution in [2.75, 3.05) is 6.26 Å². The summed E-state index contributed by atoms with van der Waals surface area (Å²) in [6.45, 7) is 1.74. The average Bonchev–Trinajstić information content (AvgIpc) is 3.15. The first kappa shape index (κ1) is 21.8. The summed E-state index contributed by atoms with van der Waals surface area (Å²) in [5, 5.41) is 3.99. The molecule has 0 saturated heterocycles. The van der Waals surface area contributed by atoms with Crippen molar-refractivity contribution in [2.24, 2.45) is 0 Å². The predicted octanol–water partition coefficient (Wildman–Crippen LogP) is 5.94. The molecule has 0 atom stereocenters. The number of hydrogen-bond acceptors (Lipinski definition) is 3. The van der Waals surface area contributed by atoms with Crippen LogP contribution >= 0.6 is 0 Å². The highest BCUT2D eigenvalue weighted by Crippen LogP contribution is 2.44. The van der Waals surface area contributed by atoms with Gasteiger partial charge in [-0.15, -0.1) is 0 Å². The second kappa shape index (κ2) is 7.94. The normalized spacial score (nSPS) is 12.2. The van der Waals surface area contributed by atoms with Crippen molar-refractivity contribution >= 4 is 9.84 Å². The smallest absolute Gasteiger partial charge is 0.232 e. The van der Waals surface area contributed by atoms with Gasteiger partial charge in [0.15, 0.2) is 15.5 Å². The molecule has 3 aromatic carbocycles. The van der Waals surface area contributed by atoms with Gasteiger partial charge < -0.3 is 0 Å². The highest BCUT2D eigenvalue weighted by Gasteiger charge is 2.40. The van der Waals surface area contributed by atoms with Crippen LogP contribution in [0.25, 0.3) is 28.1 Å². The third kappa shape index (κ3) is 4.05. The standard InChI is InChI=1S/C24H19F3N2O2S/c1-16-8-6-7-11-20(16)21-22(17-12-14-19(15-13-17)32(2,30)31)29(18-9-4-3-5-10-18)28-23(21)24(25,26)27/h3-15H,1-2H3. The number of aryl methyl sites for hydroxylation is 1. The van der Waals surface area contributed by atoms with Crippen LogP contribution in [-0.4, -0.2) is 24.5 Å². The van der Waals surface area contributed by atoms with Gasteiger partial charge in [-0.2, -0.15) is 18.3 Å². The number of aromatic nitrogens is 2. The Morgan fingerprint density at radius 3 is 2.00 bits per heavy atom. The molecule has 1 aromatic heterocycles. The van der Waals surface area contributed by atoms with Crippen LogP contribution in [0.1, 0.15) is 11.3 Å². The van der Waals surface area contributed by atoms with Gasteiger partial charge in [0.1, 0.15) is 0 Å². The van der Waals surface area contributed by atoms with Crippen molar-refractivity contribution in [1.82, 2.24) is 9.78 Å². The molecule has 164 valence electrons. The molecule has 4 rings (SSSR count). The molecule has 0 aliphatic rings. The Morgan fingerprint density at radius 1 is 0.844 bits per heavy atom. The molecule has 1 heterocycles. The molecule has 4 aromatic rings. The lowest BCUT2D eigenvalue weighted by Gasteiger charge is -2.13. The quantitative estimate of drug-likeness (QED) is 0.382. The van der Waals surface area contributed by atoms with Gasteiger partial charge in [0, 0.05) is 17.4 Å². The molecule has 0 radical (unpaired) electrons. The van der Waals surface area contributed by atoms with E-state index in [0.29, 0.717) is 22.4 Å². The van der Waals surface area contributed by atoms with E-state index < -0.39 is 21.7 Å². The molecule has 0 amide bonds. The van der Waals surface area contributed by atoms with Gasteiger partial charge in [-0.3, -0.25) is 0 Å². The van der Waals surface area contributed by atoms with E-state index in [0.717, 1.165) is 6.26 Å². The zero-order valence-corrected chi connectivity index (χ0v) is 18.1. The molecule has 8 heteroatoms. The van der Waals surface area contributed by atoms with Crippen molar-refractivity contribution in [3.8, 4) is 28.1 Å².